The van der Waals surface area contributed by atoms with Gasteiger partial charge >= 0.3 is 11.9 Å². The Morgan fingerprint density at radius 1 is 1.00 bits per heavy atom. The summed E-state index contributed by atoms with van der Waals surface area (Å²) in [5.41, 5.74) is 0.566. The first-order valence-electron chi connectivity index (χ1n) is 6.72. The van der Waals surface area contributed by atoms with Crippen LogP contribution >= 0.6 is 0 Å². The van der Waals surface area contributed by atoms with E-state index in [-0.39, 0.29) is 24.0 Å². The third-order valence-electron chi connectivity index (χ3n) is 3.16. The highest BCUT2D eigenvalue weighted by atomic mass is 16.4. The van der Waals surface area contributed by atoms with E-state index >= 15 is 0 Å². The molecule has 5 nitrogen and oxygen atoms in total. The number of hydrogen-bond donors (Lipinski definition) is 3. The van der Waals surface area contributed by atoms with Crippen LogP contribution in [0.2, 0.25) is 0 Å². The number of aliphatic hydroxyl groups is 1. The van der Waals surface area contributed by atoms with Crippen LogP contribution in [0.3, 0.4) is 0 Å². The van der Waals surface area contributed by atoms with Gasteiger partial charge in [-0.05, 0) is 32.6 Å². The summed E-state index contributed by atoms with van der Waals surface area (Å²) in [6.45, 7) is 4.93. The summed E-state index contributed by atoms with van der Waals surface area (Å²) < 4.78 is 0. The average molecular weight is 284 g/mol. The lowest BCUT2D eigenvalue weighted by molar-refractivity contribution is -0.133. The molecule has 0 radical (unpaired) electrons. The average Bonchev–Trinajstić information content (AvgIpc) is 2.36. The third kappa shape index (κ3) is 7.74. The highest BCUT2D eigenvalue weighted by Crippen LogP contribution is 2.17. The van der Waals surface area contributed by atoms with Gasteiger partial charge in [-0.15, -0.1) is 0 Å². The van der Waals surface area contributed by atoms with Crippen molar-refractivity contribution in [3.05, 3.63) is 23.3 Å². The Hall–Kier alpha value is -1.62. The van der Waals surface area contributed by atoms with Crippen LogP contribution in [0.15, 0.2) is 23.3 Å². The van der Waals surface area contributed by atoms with Crippen LogP contribution in [0.25, 0.3) is 0 Å². The molecule has 0 rings (SSSR count). The molecule has 20 heavy (non-hydrogen) atoms. The molecule has 0 spiro atoms. The number of aliphatic carboxylic acids is 2. The van der Waals surface area contributed by atoms with E-state index in [9.17, 15) is 14.7 Å². The summed E-state index contributed by atoms with van der Waals surface area (Å²) >= 11 is 0. The Labute approximate surface area is 119 Å². The fourth-order valence-electron chi connectivity index (χ4n) is 1.94. The molecule has 0 amide bonds. The first-order chi connectivity index (χ1) is 9.27. The molecular formula is C15H24O5. The zero-order valence-electron chi connectivity index (χ0n) is 12.3. The fraction of sp³-hybridized carbons (Fsp3) is 0.600. The molecule has 0 bridgehead atoms. The van der Waals surface area contributed by atoms with E-state index in [1.54, 1.807) is 19.1 Å². The molecule has 0 aromatic rings. The topological polar surface area (TPSA) is 94.8 Å². The summed E-state index contributed by atoms with van der Waals surface area (Å²) in [4.78, 5) is 21.4. The molecule has 0 aliphatic heterocycles. The molecule has 0 aliphatic carbocycles. The largest absolute Gasteiger partial charge is 0.478 e. The maximum Gasteiger partial charge on any atom is 0.330 e. The Balaban J connectivity index is 4.27. The van der Waals surface area contributed by atoms with Gasteiger partial charge in [0.15, 0.2) is 0 Å². The highest BCUT2D eigenvalue weighted by Gasteiger charge is 2.09. The number of rotatable bonds is 9. The SMILES string of the molecule is CC(=CC(C)CCCC(C=C(C)C(=O)O)CO)C(=O)O. The molecule has 0 aromatic carbocycles. The van der Waals surface area contributed by atoms with E-state index in [1.165, 1.54) is 6.92 Å². The molecule has 0 aliphatic rings. The second-order valence-corrected chi connectivity index (χ2v) is 5.16. The summed E-state index contributed by atoms with van der Waals surface area (Å²) in [5, 5.41) is 26.8. The van der Waals surface area contributed by atoms with E-state index < -0.39 is 11.9 Å². The van der Waals surface area contributed by atoms with Gasteiger partial charge in [-0.2, -0.15) is 0 Å². The van der Waals surface area contributed by atoms with Crippen molar-refractivity contribution in [2.45, 2.75) is 40.0 Å². The molecule has 0 fully saturated rings. The fourth-order valence-corrected chi connectivity index (χ4v) is 1.94. The van der Waals surface area contributed by atoms with Crippen LogP contribution in [0.1, 0.15) is 40.0 Å². The second-order valence-electron chi connectivity index (χ2n) is 5.16. The van der Waals surface area contributed by atoms with E-state index in [4.69, 9.17) is 10.2 Å². The number of carboxylic acids is 2. The highest BCUT2D eigenvalue weighted by molar-refractivity contribution is 5.86. The first kappa shape index (κ1) is 18.4. The standard InChI is InChI=1S/C15H24O5/c1-10(7-11(2)14(17)18)5-4-6-13(9-16)8-12(3)15(19)20/h7-8,10,13,16H,4-6,9H2,1-3H3,(H,17,18)(H,19,20). The molecule has 0 saturated heterocycles. The molecule has 114 valence electrons. The maximum atomic E-state index is 10.7. The number of aliphatic hydroxyl groups excluding tert-OH is 1. The number of allylic oxidation sites excluding steroid dienone is 1. The number of hydrogen-bond acceptors (Lipinski definition) is 3. The van der Waals surface area contributed by atoms with E-state index in [0.29, 0.717) is 12.0 Å². The van der Waals surface area contributed by atoms with Crippen LogP contribution in [-0.2, 0) is 9.59 Å². The van der Waals surface area contributed by atoms with Gasteiger partial charge in [0, 0.05) is 23.7 Å². The van der Waals surface area contributed by atoms with E-state index in [1.807, 2.05) is 6.92 Å². The van der Waals surface area contributed by atoms with Crippen LogP contribution in [0, 0.1) is 11.8 Å². The summed E-state index contributed by atoms with van der Waals surface area (Å²) in [7, 11) is 0. The molecule has 0 saturated carbocycles. The number of carbonyl (C=O) groups is 2. The molecule has 2 atom stereocenters. The minimum Gasteiger partial charge on any atom is -0.478 e. The minimum atomic E-state index is -0.975. The molecular weight excluding hydrogens is 260 g/mol. The zero-order valence-corrected chi connectivity index (χ0v) is 12.3. The van der Waals surface area contributed by atoms with Crippen LogP contribution in [-0.4, -0.2) is 33.9 Å². The Morgan fingerprint density at radius 3 is 1.95 bits per heavy atom. The maximum absolute atomic E-state index is 10.7. The monoisotopic (exact) mass is 284 g/mol. The van der Waals surface area contributed by atoms with Gasteiger partial charge in [0.2, 0.25) is 0 Å². The van der Waals surface area contributed by atoms with Gasteiger partial charge in [0.05, 0.1) is 0 Å². The van der Waals surface area contributed by atoms with Crippen molar-refractivity contribution in [2.75, 3.05) is 6.61 Å². The molecule has 2 unspecified atom stereocenters. The van der Waals surface area contributed by atoms with Gasteiger partial charge in [0.1, 0.15) is 0 Å². The predicted octanol–water partition coefficient (Wildman–Crippen LogP) is 2.46. The van der Waals surface area contributed by atoms with Crippen molar-refractivity contribution in [1.29, 1.82) is 0 Å². The van der Waals surface area contributed by atoms with Crippen molar-refractivity contribution in [2.24, 2.45) is 11.8 Å². The zero-order chi connectivity index (χ0) is 15.7. The summed E-state index contributed by atoms with van der Waals surface area (Å²) in [5.74, 6) is -1.90. The van der Waals surface area contributed by atoms with Gasteiger partial charge in [-0.25, -0.2) is 9.59 Å². The van der Waals surface area contributed by atoms with Gasteiger partial charge in [-0.3, -0.25) is 0 Å². The molecule has 5 heteroatoms. The van der Waals surface area contributed by atoms with E-state index in [2.05, 4.69) is 0 Å². The predicted molar refractivity (Wildman–Crippen MR) is 76.4 cm³/mol. The second kappa shape index (κ2) is 9.31. The minimum absolute atomic E-state index is 0.0804. The summed E-state index contributed by atoms with van der Waals surface area (Å²) in [6, 6.07) is 0. The Morgan fingerprint density at radius 2 is 1.50 bits per heavy atom. The van der Waals surface area contributed by atoms with Crippen LogP contribution < -0.4 is 0 Å². The molecule has 0 aromatic heterocycles. The van der Waals surface area contributed by atoms with Crippen molar-refractivity contribution in [3.8, 4) is 0 Å². The summed E-state index contributed by atoms with van der Waals surface area (Å²) in [6.07, 6.45) is 5.59. The Bertz CT molecular complexity index is 395. The quantitative estimate of drug-likeness (QED) is 0.565. The molecule has 0 heterocycles. The van der Waals surface area contributed by atoms with E-state index in [0.717, 1.165) is 12.8 Å². The van der Waals surface area contributed by atoms with Gasteiger partial charge in [-0.1, -0.05) is 25.5 Å². The third-order valence-corrected chi connectivity index (χ3v) is 3.16. The van der Waals surface area contributed by atoms with Gasteiger partial charge < -0.3 is 15.3 Å². The van der Waals surface area contributed by atoms with Crippen LogP contribution in [0.5, 0.6) is 0 Å². The lowest BCUT2D eigenvalue weighted by atomic mass is 9.95. The Kier molecular flexibility index (Phi) is 8.56. The molecule has 3 N–H and O–H groups in total. The van der Waals surface area contributed by atoms with Crippen molar-refractivity contribution in [3.63, 3.8) is 0 Å². The van der Waals surface area contributed by atoms with Gasteiger partial charge in [0.25, 0.3) is 0 Å². The van der Waals surface area contributed by atoms with Crippen molar-refractivity contribution >= 4 is 11.9 Å². The van der Waals surface area contributed by atoms with Crippen molar-refractivity contribution in [1.82, 2.24) is 0 Å². The number of carboxylic acid groups (broad SMARTS) is 2. The smallest absolute Gasteiger partial charge is 0.330 e. The lowest BCUT2D eigenvalue weighted by Crippen LogP contribution is -2.07. The first-order valence-corrected chi connectivity index (χ1v) is 6.72. The lowest BCUT2D eigenvalue weighted by Gasteiger charge is -2.12. The van der Waals surface area contributed by atoms with Crippen molar-refractivity contribution < 1.29 is 24.9 Å². The van der Waals surface area contributed by atoms with Crippen LogP contribution in [0.4, 0.5) is 0 Å². The normalized spacial score (nSPS) is 15.8.